The fourth-order valence-corrected chi connectivity index (χ4v) is 2.27. The first kappa shape index (κ1) is 11.5. The van der Waals surface area contributed by atoms with Crippen LogP contribution in [-0.2, 0) is 0 Å². The molecule has 2 aromatic carbocycles. The standard InChI is InChI=1S/C16H13NO2/c1-19-12-7-8-15-13(9-12)14(10-18)16(17-15)11-5-3-2-4-6-11/h2-10,17H,1H3. The first-order valence-electron chi connectivity index (χ1n) is 6.04. The Morgan fingerprint density at radius 2 is 1.89 bits per heavy atom. The van der Waals surface area contributed by atoms with Gasteiger partial charge in [-0.3, -0.25) is 4.79 Å². The second-order valence-electron chi connectivity index (χ2n) is 4.31. The molecule has 0 atom stereocenters. The lowest BCUT2D eigenvalue weighted by Gasteiger charge is -1.99. The highest BCUT2D eigenvalue weighted by Crippen LogP contribution is 2.31. The molecule has 1 N–H and O–H groups in total. The van der Waals surface area contributed by atoms with Crippen LogP contribution in [0.4, 0.5) is 0 Å². The minimum absolute atomic E-state index is 0.667. The second-order valence-corrected chi connectivity index (χ2v) is 4.31. The maximum absolute atomic E-state index is 11.4. The number of hydrogen-bond acceptors (Lipinski definition) is 2. The van der Waals surface area contributed by atoms with Gasteiger partial charge >= 0.3 is 0 Å². The number of carbonyl (C=O) groups excluding carboxylic acids is 1. The van der Waals surface area contributed by atoms with E-state index in [0.717, 1.165) is 34.2 Å². The fraction of sp³-hybridized carbons (Fsp3) is 0.0625. The van der Waals surface area contributed by atoms with Crippen LogP contribution < -0.4 is 4.74 Å². The third kappa shape index (κ3) is 1.89. The summed E-state index contributed by atoms with van der Waals surface area (Å²) in [5.41, 5.74) is 3.44. The first-order valence-corrected chi connectivity index (χ1v) is 6.04. The summed E-state index contributed by atoms with van der Waals surface area (Å²) in [6.07, 6.45) is 0.889. The molecular weight excluding hydrogens is 238 g/mol. The van der Waals surface area contributed by atoms with Gasteiger partial charge in [-0.1, -0.05) is 30.3 Å². The van der Waals surface area contributed by atoms with Gasteiger partial charge in [0.05, 0.1) is 12.8 Å². The molecular formula is C16H13NO2. The molecule has 0 fully saturated rings. The summed E-state index contributed by atoms with van der Waals surface area (Å²) in [5.74, 6) is 0.745. The van der Waals surface area contributed by atoms with Crippen LogP contribution in [0, 0.1) is 0 Å². The molecule has 0 aliphatic rings. The molecule has 94 valence electrons. The monoisotopic (exact) mass is 251 g/mol. The molecule has 19 heavy (non-hydrogen) atoms. The lowest BCUT2D eigenvalue weighted by molar-refractivity contribution is 0.112. The topological polar surface area (TPSA) is 42.1 Å². The number of aldehydes is 1. The fourth-order valence-electron chi connectivity index (χ4n) is 2.27. The van der Waals surface area contributed by atoms with Crippen molar-refractivity contribution in [3.05, 3.63) is 54.1 Å². The van der Waals surface area contributed by atoms with E-state index in [1.165, 1.54) is 0 Å². The van der Waals surface area contributed by atoms with Gasteiger partial charge in [-0.15, -0.1) is 0 Å². The van der Waals surface area contributed by atoms with E-state index in [0.29, 0.717) is 5.56 Å². The van der Waals surface area contributed by atoms with Gasteiger partial charge in [0.1, 0.15) is 5.75 Å². The van der Waals surface area contributed by atoms with Crippen molar-refractivity contribution in [2.45, 2.75) is 0 Å². The molecule has 3 rings (SSSR count). The van der Waals surface area contributed by atoms with Crippen molar-refractivity contribution >= 4 is 17.2 Å². The van der Waals surface area contributed by atoms with Gasteiger partial charge in [0, 0.05) is 16.5 Å². The second kappa shape index (κ2) is 4.61. The van der Waals surface area contributed by atoms with E-state index < -0.39 is 0 Å². The van der Waals surface area contributed by atoms with Gasteiger partial charge in [0.2, 0.25) is 0 Å². The Bertz CT molecular complexity index is 729. The van der Waals surface area contributed by atoms with E-state index in [2.05, 4.69) is 4.98 Å². The summed E-state index contributed by atoms with van der Waals surface area (Å²) >= 11 is 0. The zero-order valence-electron chi connectivity index (χ0n) is 10.5. The average Bonchev–Trinajstić information content (AvgIpc) is 2.85. The third-order valence-electron chi connectivity index (χ3n) is 3.23. The molecule has 0 spiro atoms. The van der Waals surface area contributed by atoms with Crippen molar-refractivity contribution in [2.24, 2.45) is 0 Å². The maximum Gasteiger partial charge on any atom is 0.152 e. The van der Waals surface area contributed by atoms with Gasteiger partial charge in [0.15, 0.2) is 6.29 Å². The van der Waals surface area contributed by atoms with E-state index in [9.17, 15) is 4.79 Å². The zero-order valence-corrected chi connectivity index (χ0v) is 10.5. The predicted octanol–water partition coefficient (Wildman–Crippen LogP) is 3.66. The Morgan fingerprint density at radius 3 is 2.58 bits per heavy atom. The molecule has 1 heterocycles. The van der Waals surface area contributed by atoms with Crippen LogP contribution in [0.5, 0.6) is 5.75 Å². The average molecular weight is 251 g/mol. The smallest absolute Gasteiger partial charge is 0.152 e. The molecule has 0 unspecified atom stereocenters. The summed E-state index contributed by atoms with van der Waals surface area (Å²) in [5, 5.41) is 0.883. The highest BCUT2D eigenvalue weighted by Gasteiger charge is 2.12. The minimum atomic E-state index is 0.667. The summed E-state index contributed by atoms with van der Waals surface area (Å²) < 4.78 is 5.21. The highest BCUT2D eigenvalue weighted by molar-refractivity contribution is 6.04. The lowest BCUT2D eigenvalue weighted by atomic mass is 10.1. The highest BCUT2D eigenvalue weighted by atomic mass is 16.5. The van der Waals surface area contributed by atoms with Crippen LogP contribution in [0.2, 0.25) is 0 Å². The Hall–Kier alpha value is -2.55. The Balaban J connectivity index is 2.29. The molecule has 3 nitrogen and oxygen atoms in total. The molecule has 3 aromatic rings. The number of fused-ring (bicyclic) bond motifs is 1. The van der Waals surface area contributed by atoms with Gasteiger partial charge < -0.3 is 9.72 Å². The maximum atomic E-state index is 11.4. The predicted molar refractivity (Wildman–Crippen MR) is 75.7 cm³/mol. The molecule has 3 heteroatoms. The van der Waals surface area contributed by atoms with E-state index in [4.69, 9.17) is 4.74 Å². The van der Waals surface area contributed by atoms with Crippen molar-refractivity contribution in [1.82, 2.24) is 4.98 Å². The number of aromatic nitrogens is 1. The van der Waals surface area contributed by atoms with Crippen LogP contribution in [0.1, 0.15) is 10.4 Å². The number of benzene rings is 2. The molecule has 0 aliphatic carbocycles. The zero-order chi connectivity index (χ0) is 13.2. The molecule has 0 saturated carbocycles. The van der Waals surface area contributed by atoms with Gasteiger partial charge in [-0.05, 0) is 23.8 Å². The third-order valence-corrected chi connectivity index (χ3v) is 3.23. The van der Waals surface area contributed by atoms with Gasteiger partial charge in [-0.2, -0.15) is 0 Å². The molecule has 1 aromatic heterocycles. The molecule has 0 saturated heterocycles. The van der Waals surface area contributed by atoms with E-state index in [1.807, 2.05) is 48.5 Å². The van der Waals surface area contributed by atoms with Crippen molar-refractivity contribution in [3.8, 4) is 17.0 Å². The Kier molecular flexibility index (Phi) is 2.80. The number of H-pyrrole nitrogens is 1. The number of methoxy groups -OCH3 is 1. The normalized spacial score (nSPS) is 10.6. The molecule has 0 radical (unpaired) electrons. The first-order chi connectivity index (χ1) is 9.33. The molecule has 0 bridgehead atoms. The van der Waals surface area contributed by atoms with Crippen LogP contribution in [0.3, 0.4) is 0 Å². The van der Waals surface area contributed by atoms with E-state index >= 15 is 0 Å². The summed E-state index contributed by atoms with van der Waals surface area (Å²) in [4.78, 5) is 14.7. The minimum Gasteiger partial charge on any atom is -0.497 e. The molecule has 0 amide bonds. The van der Waals surface area contributed by atoms with Crippen molar-refractivity contribution in [2.75, 3.05) is 7.11 Å². The van der Waals surface area contributed by atoms with E-state index in [1.54, 1.807) is 7.11 Å². The SMILES string of the molecule is COc1ccc2[nH]c(-c3ccccc3)c(C=O)c2c1. The van der Waals surface area contributed by atoms with Gasteiger partial charge in [0.25, 0.3) is 0 Å². The van der Waals surface area contributed by atoms with Crippen LogP contribution in [0.25, 0.3) is 22.2 Å². The van der Waals surface area contributed by atoms with E-state index in [-0.39, 0.29) is 0 Å². The van der Waals surface area contributed by atoms with Gasteiger partial charge in [-0.25, -0.2) is 0 Å². The number of nitrogens with one attached hydrogen (secondary N) is 1. The lowest BCUT2D eigenvalue weighted by Crippen LogP contribution is -1.84. The quantitative estimate of drug-likeness (QED) is 0.722. The molecule has 0 aliphatic heterocycles. The van der Waals surface area contributed by atoms with Crippen molar-refractivity contribution < 1.29 is 9.53 Å². The number of ether oxygens (including phenoxy) is 1. The number of hydrogen-bond donors (Lipinski definition) is 1. The number of rotatable bonds is 3. The van der Waals surface area contributed by atoms with Crippen LogP contribution >= 0.6 is 0 Å². The number of carbonyl (C=O) groups is 1. The number of aromatic amines is 1. The van der Waals surface area contributed by atoms with Crippen molar-refractivity contribution in [3.63, 3.8) is 0 Å². The summed E-state index contributed by atoms with van der Waals surface area (Å²) in [6.45, 7) is 0. The summed E-state index contributed by atoms with van der Waals surface area (Å²) in [6, 6.07) is 15.5. The summed E-state index contributed by atoms with van der Waals surface area (Å²) in [7, 11) is 1.62. The Labute approximate surface area is 110 Å². The van der Waals surface area contributed by atoms with Crippen molar-refractivity contribution in [1.29, 1.82) is 0 Å². The largest absolute Gasteiger partial charge is 0.497 e. The van der Waals surface area contributed by atoms with Crippen LogP contribution in [0.15, 0.2) is 48.5 Å². The van der Waals surface area contributed by atoms with Crippen LogP contribution in [-0.4, -0.2) is 18.4 Å². The Morgan fingerprint density at radius 1 is 1.11 bits per heavy atom.